The largest absolute Gasteiger partial charge is 0.489 e. The van der Waals surface area contributed by atoms with Crippen LogP contribution in [0.4, 0.5) is 0 Å². The highest BCUT2D eigenvalue weighted by Gasteiger charge is 2.21. The van der Waals surface area contributed by atoms with E-state index in [4.69, 9.17) is 4.74 Å². The molecule has 0 spiro atoms. The molecule has 0 unspecified atom stereocenters. The van der Waals surface area contributed by atoms with E-state index < -0.39 is 5.60 Å². The summed E-state index contributed by atoms with van der Waals surface area (Å²) in [4.78, 5) is 0. The predicted molar refractivity (Wildman–Crippen MR) is 81.4 cm³/mol. The first-order valence-corrected chi connectivity index (χ1v) is 7.84. The van der Waals surface area contributed by atoms with Gasteiger partial charge in [0.25, 0.3) is 0 Å². The Hall–Kier alpha value is -0.540. The van der Waals surface area contributed by atoms with Crippen molar-refractivity contribution in [2.24, 2.45) is 5.92 Å². The third kappa shape index (κ3) is 3.96. The van der Waals surface area contributed by atoms with Crippen LogP contribution < -0.4 is 4.74 Å². The number of benzene rings is 1. The number of hydrogen-bond acceptors (Lipinski definition) is 2. The number of ether oxygens (including phenoxy) is 1. The molecule has 1 aromatic carbocycles. The molecule has 0 heterocycles. The van der Waals surface area contributed by atoms with E-state index in [1.54, 1.807) is 13.8 Å². The van der Waals surface area contributed by atoms with Crippen molar-refractivity contribution in [2.45, 2.75) is 58.2 Å². The number of halogens is 1. The SMILES string of the molecule is CC1CCC(Oc2ccc(C(C)(C)O)cc2Br)CC1. The van der Waals surface area contributed by atoms with Crippen molar-refractivity contribution in [3.63, 3.8) is 0 Å². The predicted octanol–water partition coefficient (Wildman–Crippen LogP) is 4.63. The maximum atomic E-state index is 9.99. The van der Waals surface area contributed by atoms with Gasteiger partial charge in [0.2, 0.25) is 0 Å². The molecule has 19 heavy (non-hydrogen) atoms. The van der Waals surface area contributed by atoms with Crippen LogP contribution in [0.25, 0.3) is 0 Å². The van der Waals surface area contributed by atoms with Crippen LogP contribution in [0, 0.1) is 5.92 Å². The first-order chi connectivity index (χ1) is 8.86. The molecule has 1 fully saturated rings. The smallest absolute Gasteiger partial charge is 0.133 e. The van der Waals surface area contributed by atoms with E-state index in [0.29, 0.717) is 6.10 Å². The molecular formula is C16H23BrO2. The van der Waals surface area contributed by atoms with Gasteiger partial charge in [-0.2, -0.15) is 0 Å². The second kappa shape index (κ2) is 5.84. The minimum Gasteiger partial charge on any atom is -0.489 e. The van der Waals surface area contributed by atoms with Gasteiger partial charge >= 0.3 is 0 Å². The van der Waals surface area contributed by atoms with Gasteiger partial charge in [-0.15, -0.1) is 0 Å². The highest BCUT2D eigenvalue weighted by atomic mass is 79.9. The summed E-state index contributed by atoms with van der Waals surface area (Å²) in [5, 5.41) is 9.99. The first kappa shape index (κ1) is 14.9. The molecule has 3 heteroatoms. The third-order valence-corrected chi connectivity index (χ3v) is 4.51. The lowest BCUT2D eigenvalue weighted by Crippen LogP contribution is -2.23. The van der Waals surface area contributed by atoms with Gasteiger partial charge in [-0.25, -0.2) is 0 Å². The number of rotatable bonds is 3. The second-order valence-electron chi connectivity index (χ2n) is 6.20. The Labute approximate surface area is 124 Å². The zero-order valence-corrected chi connectivity index (χ0v) is 13.5. The Kier molecular flexibility index (Phi) is 4.57. The van der Waals surface area contributed by atoms with Gasteiger partial charge in [0.1, 0.15) is 5.75 Å². The molecular weight excluding hydrogens is 304 g/mol. The van der Waals surface area contributed by atoms with E-state index in [2.05, 4.69) is 22.9 Å². The van der Waals surface area contributed by atoms with Crippen LogP contribution in [0.15, 0.2) is 22.7 Å². The molecule has 0 atom stereocenters. The van der Waals surface area contributed by atoms with Gasteiger partial charge in [0.15, 0.2) is 0 Å². The monoisotopic (exact) mass is 326 g/mol. The van der Waals surface area contributed by atoms with Crippen molar-refractivity contribution in [2.75, 3.05) is 0 Å². The maximum absolute atomic E-state index is 9.99. The van der Waals surface area contributed by atoms with Crippen LogP contribution in [0.1, 0.15) is 52.0 Å². The first-order valence-electron chi connectivity index (χ1n) is 7.05. The molecule has 1 N–H and O–H groups in total. The Morgan fingerprint density at radius 3 is 2.37 bits per heavy atom. The number of aliphatic hydroxyl groups is 1. The topological polar surface area (TPSA) is 29.5 Å². The molecule has 0 radical (unpaired) electrons. The van der Waals surface area contributed by atoms with E-state index in [1.807, 2.05) is 18.2 Å². The average Bonchev–Trinajstić information content (AvgIpc) is 2.33. The average molecular weight is 327 g/mol. The molecule has 0 bridgehead atoms. The van der Waals surface area contributed by atoms with E-state index in [-0.39, 0.29) is 0 Å². The molecule has 1 aliphatic rings. The highest BCUT2D eigenvalue weighted by Crippen LogP contribution is 2.33. The Morgan fingerprint density at radius 2 is 1.84 bits per heavy atom. The van der Waals surface area contributed by atoms with Crippen molar-refractivity contribution in [3.05, 3.63) is 28.2 Å². The van der Waals surface area contributed by atoms with Crippen molar-refractivity contribution in [1.29, 1.82) is 0 Å². The maximum Gasteiger partial charge on any atom is 0.133 e. The van der Waals surface area contributed by atoms with Gasteiger partial charge in [-0.1, -0.05) is 13.0 Å². The van der Waals surface area contributed by atoms with Gasteiger partial charge < -0.3 is 9.84 Å². The molecule has 0 saturated heterocycles. The summed E-state index contributed by atoms with van der Waals surface area (Å²) in [7, 11) is 0. The molecule has 2 nitrogen and oxygen atoms in total. The molecule has 0 amide bonds. The van der Waals surface area contributed by atoms with E-state index >= 15 is 0 Å². The summed E-state index contributed by atoms with van der Waals surface area (Å²) in [5.41, 5.74) is 0.0745. The molecule has 1 aliphatic carbocycles. The fraction of sp³-hybridized carbons (Fsp3) is 0.625. The Bertz CT molecular complexity index is 429. The highest BCUT2D eigenvalue weighted by molar-refractivity contribution is 9.10. The summed E-state index contributed by atoms with van der Waals surface area (Å²) in [6.07, 6.45) is 5.12. The Balaban J connectivity index is 2.05. The lowest BCUT2D eigenvalue weighted by atomic mass is 9.89. The molecule has 1 aromatic rings. The van der Waals surface area contributed by atoms with E-state index in [0.717, 1.165) is 34.5 Å². The zero-order valence-electron chi connectivity index (χ0n) is 11.9. The Morgan fingerprint density at radius 1 is 1.21 bits per heavy atom. The van der Waals surface area contributed by atoms with Gasteiger partial charge in [-0.3, -0.25) is 0 Å². The summed E-state index contributed by atoms with van der Waals surface area (Å²) >= 11 is 3.54. The van der Waals surface area contributed by atoms with Crippen molar-refractivity contribution >= 4 is 15.9 Å². The molecule has 1 saturated carbocycles. The minimum absolute atomic E-state index is 0.334. The molecule has 0 aliphatic heterocycles. The van der Waals surface area contributed by atoms with Crippen LogP contribution in [0.3, 0.4) is 0 Å². The molecule has 2 rings (SSSR count). The lowest BCUT2D eigenvalue weighted by molar-refractivity contribution is 0.0783. The molecule has 0 aromatic heterocycles. The van der Waals surface area contributed by atoms with E-state index in [1.165, 1.54) is 12.8 Å². The van der Waals surface area contributed by atoms with Crippen molar-refractivity contribution < 1.29 is 9.84 Å². The molecule has 106 valence electrons. The summed E-state index contributed by atoms with van der Waals surface area (Å²) in [6.45, 7) is 5.89. The van der Waals surface area contributed by atoms with Crippen LogP contribution in [-0.4, -0.2) is 11.2 Å². The normalized spacial score (nSPS) is 24.3. The fourth-order valence-corrected chi connectivity index (χ4v) is 2.98. The standard InChI is InChI=1S/C16H23BrO2/c1-11-4-7-13(8-5-11)19-15-9-6-12(10-14(15)17)16(2,3)18/h6,9-11,13,18H,4-5,7-8H2,1-3H3. The van der Waals surface area contributed by atoms with Crippen LogP contribution in [0.5, 0.6) is 5.75 Å². The summed E-state index contributed by atoms with van der Waals surface area (Å²) in [6, 6.07) is 5.84. The van der Waals surface area contributed by atoms with Gasteiger partial charge in [0, 0.05) is 0 Å². The summed E-state index contributed by atoms with van der Waals surface area (Å²) in [5.74, 6) is 1.72. The van der Waals surface area contributed by atoms with Gasteiger partial charge in [-0.05, 0) is 79.1 Å². The van der Waals surface area contributed by atoms with Gasteiger partial charge in [0.05, 0.1) is 16.2 Å². The van der Waals surface area contributed by atoms with Crippen molar-refractivity contribution in [3.8, 4) is 5.75 Å². The second-order valence-corrected chi connectivity index (χ2v) is 7.06. The van der Waals surface area contributed by atoms with Crippen LogP contribution in [-0.2, 0) is 5.60 Å². The van der Waals surface area contributed by atoms with Crippen molar-refractivity contribution in [1.82, 2.24) is 0 Å². The minimum atomic E-state index is -0.818. The van der Waals surface area contributed by atoms with Crippen LogP contribution in [0.2, 0.25) is 0 Å². The third-order valence-electron chi connectivity index (χ3n) is 3.89. The fourth-order valence-electron chi connectivity index (χ4n) is 2.50. The van der Waals surface area contributed by atoms with E-state index in [9.17, 15) is 5.11 Å². The lowest BCUT2D eigenvalue weighted by Gasteiger charge is -2.27. The quantitative estimate of drug-likeness (QED) is 0.877. The summed E-state index contributed by atoms with van der Waals surface area (Å²) < 4.78 is 7.00. The number of hydrogen-bond donors (Lipinski definition) is 1. The van der Waals surface area contributed by atoms with Crippen LogP contribution >= 0.6 is 15.9 Å². The zero-order chi connectivity index (χ0) is 14.0.